The zero-order chi connectivity index (χ0) is 10.8. The minimum atomic E-state index is 0.469. The number of ether oxygens (including phenoxy) is 1. The molecule has 0 aliphatic heterocycles. The second kappa shape index (κ2) is 3.65. The van der Waals surface area contributed by atoms with E-state index >= 15 is 0 Å². The molecular formula is C11H13N3O. The van der Waals surface area contributed by atoms with Gasteiger partial charge < -0.3 is 10.5 Å². The van der Waals surface area contributed by atoms with Crippen molar-refractivity contribution in [1.82, 2.24) is 9.55 Å². The molecule has 4 heteroatoms. The van der Waals surface area contributed by atoms with E-state index < -0.39 is 0 Å². The second-order valence-corrected chi connectivity index (χ2v) is 3.28. The Kier molecular flexibility index (Phi) is 2.33. The van der Waals surface area contributed by atoms with Crippen LogP contribution in [0, 0.1) is 6.92 Å². The van der Waals surface area contributed by atoms with Gasteiger partial charge in [0, 0.05) is 6.20 Å². The Hall–Kier alpha value is -1.97. The highest BCUT2D eigenvalue weighted by Crippen LogP contribution is 2.24. The number of rotatable bonds is 2. The molecule has 1 aromatic heterocycles. The molecular weight excluding hydrogens is 190 g/mol. The van der Waals surface area contributed by atoms with E-state index in [1.807, 2.05) is 42.0 Å². The SMILES string of the molecule is COc1ccccc1-n1cc(C)nc1N. The standard InChI is InChI=1S/C11H13N3O/c1-8-7-14(11(12)13-8)9-5-3-4-6-10(9)15-2/h3-7H,1-2H3,(H2,12,13). The predicted octanol–water partition coefficient (Wildman–Crippen LogP) is 1.77. The number of nitrogens with zero attached hydrogens (tertiary/aromatic N) is 2. The summed E-state index contributed by atoms with van der Waals surface area (Å²) in [4.78, 5) is 4.15. The molecule has 0 fully saturated rings. The summed E-state index contributed by atoms with van der Waals surface area (Å²) in [5.74, 6) is 1.25. The van der Waals surface area contributed by atoms with Crippen LogP contribution in [0.15, 0.2) is 30.5 Å². The lowest BCUT2D eigenvalue weighted by molar-refractivity contribution is 0.413. The number of nitrogen functional groups attached to an aromatic ring is 1. The van der Waals surface area contributed by atoms with Crippen molar-refractivity contribution in [1.29, 1.82) is 0 Å². The molecule has 78 valence electrons. The molecule has 0 aliphatic carbocycles. The molecule has 15 heavy (non-hydrogen) atoms. The first-order valence-electron chi connectivity index (χ1n) is 4.67. The minimum Gasteiger partial charge on any atom is -0.495 e. The highest BCUT2D eigenvalue weighted by atomic mass is 16.5. The van der Waals surface area contributed by atoms with Gasteiger partial charge in [0.2, 0.25) is 5.95 Å². The molecule has 0 atom stereocenters. The monoisotopic (exact) mass is 203 g/mol. The van der Waals surface area contributed by atoms with Gasteiger partial charge in [0.15, 0.2) is 0 Å². The summed E-state index contributed by atoms with van der Waals surface area (Å²) < 4.78 is 7.07. The van der Waals surface area contributed by atoms with E-state index in [1.165, 1.54) is 0 Å². The highest BCUT2D eigenvalue weighted by molar-refractivity contribution is 5.50. The summed E-state index contributed by atoms with van der Waals surface area (Å²) in [7, 11) is 1.64. The average Bonchev–Trinajstić information content (AvgIpc) is 2.57. The molecule has 0 radical (unpaired) electrons. The van der Waals surface area contributed by atoms with Gasteiger partial charge in [-0.2, -0.15) is 0 Å². The number of methoxy groups -OCH3 is 1. The molecule has 2 aromatic rings. The van der Waals surface area contributed by atoms with Crippen LogP contribution < -0.4 is 10.5 Å². The van der Waals surface area contributed by atoms with E-state index in [1.54, 1.807) is 7.11 Å². The Morgan fingerprint density at radius 2 is 2.07 bits per heavy atom. The first-order valence-corrected chi connectivity index (χ1v) is 4.67. The van der Waals surface area contributed by atoms with Gasteiger partial charge in [-0.3, -0.25) is 4.57 Å². The lowest BCUT2D eigenvalue weighted by atomic mass is 10.3. The smallest absolute Gasteiger partial charge is 0.205 e. The molecule has 1 heterocycles. The number of aromatic nitrogens is 2. The van der Waals surface area contributed by atoms with Crippen LogP contribution in [-0.2, 0) is 0 Å². The van der Waals surface area contributed by atoms with Gasteiger partial charge in [0.05, 0.1) is 18.5 Å². The van der Waals surface area contributed by atoms with Crippen LogP contribution in [-0.4, -0.2) is 16.7 Å². The molecule has 4 nitrogen and oxygen atoms in total. The number of hydrogen-bond acceptors (Lipinski definition) is 3. The maximum Gasteiger partial charge on any atom is 0.205 e. The Bertz CT molecular complexity index is 476. The van der Waals surface area contributed by atoms with E-state index in [2.05, 4.69) is 4.98 Å². The van der Waals surface area contributed by atoms with Gasteiger partial charge in [-0.25, -0.2) is 4.98 Å². The van der Waals surface area contributed by atoms with E-state index in [4.69, 9.17) is 10.5 Å². The van der Waals surface area contributed by atoms with Gasteiger partial charge in [0.1, 0.15) is 5.75 Å². The number of nitrogens with two attached hydrogens (primary N) is 1. The Morgan fingerprint density at radius 3 is 2.67 bits per heavy atom. The summed E-state index contributed by atoms with van der Waals surface area (Å²) in [6.07, 6.45) is 1.88. The molecule has 2 N–H and O–H groups in total. The van der Waals surface area contributed by atoms with Crippen LogP contribution in [0.3, 0.4) is 0 Å². The topological polar surface area (TPSA) is 53.1 Å². The van der Waals surface area contributed by atoms with Crippen molar-refractivity contribution in [2.75, 3.05) is 12.8 Å². The van der Waals surface area contributed by atoms with Gasteiger partial charge in [-0.15, -0.1) is 0 Å². The number of hydrogen-bond donors (Lipinski definition) is 1. The fraction of sp³-hybridized carbons (Fsp3) is 0.182. The van der Waals surface area contributed by atoms with Crippen LogP contribution in [0.4, 0.5) is 5.95 Å². The maximum absolute atomic E-state index is 5.79. The third-order valence-corrected chi connectivity index (χ3v) is 2.20. The quantitative estimate of drug-likeness (QED) is 0.809. The van der Waals surface area contributed by atoms with Crippen molar-refractivity contribution in [3.8, 4) is 11.4 Å². The minimum absolute atomic E-state index is 0.469. The van der Waals surface area contributed by atoms with Gasteiger partial charge in [0.25, 0.3) is 0 Å². The Balaban J connectivity index is 2.58. The number of benzene rings is 1. The predicted molar refractivity (Wildman–Crippen MR) is 59.3 cm³/mol. The van der Waals surface area contributed by atoms with Crippen molar-refractivity contribution in [3.05, 3.63) is 36.2 Å². The normalized spacial score (nSPS) is 10.3. The van der Waals surface area contributed by atoms with E-state index in [-0.39, 0.29) is 0 Å². The largest absolute Gasteiger partial charge is 0.495 e. The molecule has 2 rings (SSSR count). The number of aryl methyl sites for hydroxylation is 1. The molecule has 0 saturated carbocycles. The Labute approximate surface area is 88.3 Å². The lowest BCUT2D eigenvalue weighted by Gasteiger charge is -2.09. The first-order chi connectivity index (χ1) is 7.22. The van der Waals surface area contributed by atoms with E-state index in [0.29, 0.717) is 5.95 Å². The zero-order valence-corrected chi connectivity index (χ0v) is 8.77. The first kappa shape index (κ1) is 9.58. The summed E-state index contributed by atoms with van der Waals surface area (Å²) in [5.41, 5.74) is 7.58. The lowest BCUT2D eigenvalue weighted by Crippen LogP contribution is -2.01. The highest BCUT2D eigenvalue weighted by Gasteiger charge is 2.08. The third-order valence-electron chi connectivity index (χ3n) is 2.20. The fourth-order valence-electron chi connectivity index (χ4n) is 1.54. The maximum atomic E-state index is 5.79. The van der Waals surface area contributed by atoms with Crippen molar-refractivity contribution in [2.24, 2.45) is 0 Å². The number of imidazole rings is 1. The average molecular weight is 203 g/mol. The van der Waals surface area contributed by atoms with Crippen LogP contribution in [0.2, 0.25) is 0 Å². The molecule has 0 bridgehead atoms. The van der Waals surface area contributed by atoms with Gasteiger partial charge in [-0.05, 0) is 19.1 Å². The van der Waals surface area contributed by atoms with Crippen molar-refractivity contribution in [3.63, 3.8) is 0 Å². The molecule has 0 aliphatic rings. The van der Waals surface area contributed by atoms with Crippen molar-refractivity contribution >= 4 is 5.95 Å². The molecule has 0 saturated heterocycles. The second-order valence-electron chi connectivity index (χ2n) is 3.28. The summed E-state index contributed by atoms with van der Waals surface area (Å²) >= 11 is 0. The third kappa shape index (κ3) is 1.66. The Morgan fingerprint density at radius 1 is 1.33 bits per heavy atom. The van der Waals surface area contributed by atoms with Crippen molar-refractivity contribution in [2.45, 2.75) is 6.92 Å². The van der Waals surface area contributed by atoms with Crippen LogP contribution >= 0.6 is 0 Å². The number of para-hydroxylation sites is 2. The molecule has 0 amide bonds. The molecule has 0 spiro atoms. The molecule has 1 aromatic carbocycles. The molecule has 0 unspecified atom stereocenters. The van der Waals surface area contributed by atoms with Crippen LogP contribution in [0.1, 0.15) is 5.69 Å². The van der Waals surface area contributed by atoms with Gasteiger partial charge >= 0.3 is 0 Å². The number of anilines is 1. The zero-order valence-electron chi connectivity index (χ0n) is 8.77. The van der Waals surface area contributed by atoms with Crippen LogP contribution in [0.25, 0.3) is 5.69 Å². The summed E-state index contributed by atoms with van der Waals surface area (Å²) in [6.45, 7) is 1.91. The summed E-state index contributed by atoms with van der Waals surface area (Å²) in [5, 5.41) is 0. The van der Waals surface area contributed by atoms with Gasteiger partial charge in [-0.1, -0.05) is 12.1 Å². The van der Waals surface area contributed by atoms with Crippen LogP contribution in [0.5, 0.6) is 5.75 Å². The fourth-order valence-corrected chi connectivity index (χ4v) is 1.54. The van der Waals surface area contributed by atoms with E-state index in [9.17, 15) is 0 Å². The van der Waals surface area contributed by atoms with E-state index in [0.717, 1.165) is 17.1 Å². The van der Waals surface area contributed by atoms with Crippen molar-refractivity contribution < 1.29 is 4.74 Å². The summed E-state index contributed by atoms with van der Waals surface area (Å²) in [6, 6.07) is 7.69.